The van der Waals surface area contributed by atoms with Crippen molar-refractivity contribution in [1.29, 1.82) is 0 Å². The van der Waals surface area contributed by atoms with Crippen molar-refractivity contribution in [2.24, 2.45) is 0 Å². The zero-order valence-electron chi connectivity index (χ0n) is 10.2. The summed E-state index contributed by atoms with van der Waals surface area (Å²) in [6.45, 7) is 1.87. The van der Waals surface area contributed by atoms with Gasteiger partial charge < -0.3 is 15.6 Å². The molecule has 0 atom stereocenters. The highest BCUT2D eigenvalue weighted by molar-refractivity contribution is 6.31. The number of aryl methyl sites for hydroxylation is 1. The standard InChI is InChI=1S/C14H12ClNO3/c1-8-6-10(3-4-11(8)15)19-13-5-2-9(14(17)18)7-12(13)16/h2-7H,16H2,1H3,(H,17,18). The summed E-state index contributed by atoms with van der Waals surface area (Å²) in [7, 11) is 0. The molecule has 98 valence electrons. The summed E-state index contributed by atoms with van der Waals surface area (Å²) in [5.41, 5.74) is 7.04. The van der Waals surface area contributed by atoms with Gasteiger partial charge in [0.2, 0.25) is 0 Å². The molecule has 0 heterocycles. The molecule has 0 aromatic heterocycles. The van der Waals surface area contributed by atoms with Gasteiger partial charge in [-0.1, -0.05) is 11.6 Å². The Balaban J connectivity index is 2.28. The Labute approximate surface area is 115 Å². The Hall–Kier alpha value is -2.20. The van der Waals surface area contributed by atoms with E-state index in [9.17, 15) is 4.79 Å². The molecule has 19 heavy (non-hydrogen) atoms. The Kier molecular flexibility index (Phi) is 3.62. The maximum absolute atomic E-state index is 10.8. The van der Waals surface area contributed by atoms with Crippen molar-refractivity contribution in [3.05, 3.63) is 52.5 Å². The number of halogens is 1. The average Bonchev–Trinajstić information content (AvgIpc) is 2.36. The first-order valence-corrected chi connectivity index (χ1v) is 5.92. The van der Waals surface area contributed by atoms with E-state index in [0.717, 1.165) is 5.56 Å². The molecule has 2 rings (SSSR count). The molecule has 3 N–H and O–H groups in total. The van der Waals surface area contributed by atoms with E-state index in [2.05, 4.69) is 0 Å². The molecule has 0 radical (unpaired) electrons. The van der Waals surface area contributed by atoms with Crippen LogP contribution in [0.1, 0.15) is 15.9 Å². The van der Waals surface area contributed by atoms with Gasteiger partial charge in [-0.25, -0.2) is 4.79 Å². The van der Waals surface area contributed by atoms with Crippen LogP contribution in [-0.4, -0.2) is 11.1 Å². The summed E-state index contributed by atoms with van der Waals surface area (Å²) in [5.74, 6) is -0.0241. The van der Waals surface area contributed by atoms with E-state index in [0.29, 0.717) is 16.5 Å². The summed E-state index contributed by atoms with van der Waals surface area (Å²) in [4.78, 5) is 10.8. The average molecular weight is 278 g/mol. The molecule has 2 aromatic rings. The van der Waals surface area contributed by atoms with Crippen LogP contribution in [0.15, 0.2) is 36.4 Å². The molecule has 0 unspecified atom stereocenters. The number of nitrogens with two attached hydrogens (primary N) is 1. The highest BCUT2D eigenvalue weighted by Gasteiger charge is 2.08. The molecule has 0 bridgehead atoms. The largest absolute Gasteiger partial charge is 0.478 e. The zero-order chi connectivity index (χ0) is 14.0. The molecule has 0 aliphatic carbocycles. The van der Waals surface area contributed by atoms with Crippen molar-refractivity contribution < 1.29 is 14.6 Å². The minimum Gasteiger partial charge on any atom is -0.478 e. The first-order chi connectivity index (χ1) is 8.97. The van der Waals surface area contributed by atoms with Gasteiger partial charge in [0.05, 0.1) is 11.3 Å². The first kappa shape index (κ1) is 13.2. The molecule has 4 nitrogen and oxygen atoms in total. The highest BCUT2D eigenvalue weighted by Crippen LogP contribution is 2.30. The number of carbonyl (C=O) groups is 1. The van der Waals surface area contributed by atoms with Crippen molar-refractivity contribution >= 4 is 23.3 Å². The zero-order valence-corrected chi connectivity index (χ0v) is 10.9. The Morgan fingerprint density at radius 3 is 2.58 bits per heavy atom. The molecule has 0 aliphatic rings. The summed E-state index contributed by atoms with van der Waals surface area (Å²) in [5, 5.41) is 9.50. The SMILES string of the molecule is Cc1cc(Oc2ccc(C(=O)O)cc2N)ccc1Cl. The molecule has 0 spiro atoms. The summed E-state index contributed by atoms with van der Waals surface area (Å²) < 4.78 is 5.60. The Morgan fingerprint density at radius 1 is 1.26 bits per heavy atom. The number of nitrogen functional groups attached to an aromatic ring is 1. The van der Waals surface area contributed by atoms with Crippen LogP contribution >= 0.6 is 11.6 Å². The van der Waals surface area contributed by atoms with Crippen molar-refractivity contribution in [1.82, 2.24) is 0 Å². The predicted octanol–water partition coefficient (Wildman–Crippen LogP) is 3.72. The number of rotatable bonds is 3. The lowest BCUT2D eigenvalue weighted by atomic mass is 10.2. The number of hydrogen-bond acceptors (Lipinski definition) is 3. The molecular formula is C14H12ClNO3. The second-order valence-corrected chi connectivity index (χ2v) is 4.48. The van der Waals surface area contributed by atoms with E-state index >= 15 is 0 Å². The number of anilines is 1. The lowest BCUT2D eigenvalue weighted by Gasteiger charge is -2.10. The fourth-order valence-electron chi connectivity index (χ4n) is 1.58. The third kappa shape index (κ3) is 2.98. The van der Waals surface area contributed by atoms with Crippen molar-refractivity contribution in [3.8, 4) is 11.5 Å². The molecule has 5 heteroatoms. The Morgan fingerprint density at radius 2 is 2.00 bits per heavy atom. The van der Waals surface area contributed by atoms with Gasteiger partial charge in [0.25, 0.3) is 0 Å². The van der Waals surface area contributed by atoms with Gasteiger partial charge in [-0.15, -0.1) is 0 Å². The van der Waals surface area contributed by atoms with Gasteiger partial charge in [-0.3, -0.25) is 0 Å². The molecule has 0 fully saturated rings. The number of carboxylic acids is 1. The molecule has 0 saturated heterocycles. The second-order valence-electron chi connectivity index (χ2n) is 4.07. The van der Waals surface area contributed by atoms with Crippen LogP contribution in [0.4, 0.5) is 5.69 Å². The van der Waals surface area contributed by atoms with E-state index in [1.165, 1.54) is 18.2 Å². The fourth-order valence-corrected chi connectivity index (χ4v) is 1.70. The fraction of sp³-hybridized carbons (Fsp3) is 0.0714. The van der Waals surface area contributed by atoms with Crippen LogP contribution in [0.2, 0.25) is 5.02 Å². The summed E-state index contributed by atoms with van der Waals surface area (Å²) in [6.07, 6.45) is 0. The van der Waals surface area contributed by atoms with E-state index in [4.69, 9.17) is 27.2 Å². The molecule has 0 amide bonds. The van der Waals surface area contributed by atoms with Crippen molar-refractivity contribution in [2.45, 2.75) is 6.92 Å². The second kappa shape index (κ2) is 5.20. The van der Waals surface area contributed by atoms with Crippen molar-refractivity contribution in [3.63, 3.8) is 0 Å². The minimum absolute atomic E-state index is 0.122. The van der Waals surface area contributed by atoms with Gasteiger partial charge in [0.15, 0.2) is 0 Å². The van der Waals surface area contributed by atoms with Crippen LogP contribution in [0.3, 0.4) is 0 Å². The van der Waals surface area contributed by atoms with E-state index in [1.807, 2.05) is 6.92 Å². The van der Waals surface area contributed by atoms with Gasteiger partial charge in [0.1, 0.15) is 11.5 Å². The summed E-state index contributed by atoms with van der Waals surface area (Å²) in [6, 6.07) is 9.57. The van der Waals surface area contributed by atoms with Crippen molar-refractivity contribution in [2.75, 3.05) is 5.73 Å². The lowest BCUT2D eigenvalue weighted by Crippen LogP contribution is -1.99. The minimum atomic E-state index is -1.03. The van der Waals surface area contributed by atoms with E-state index in [1.54, 1.807) is 18.2 Å². The summed E-state index contributed by atoms with van der Waals surface area (Å²) >= 11 is 5.93. The predicted molar refractivity (Wildman–Crippen MR) is 74.1 cm³/mol. The normalized spacial score (nSPS) is 10.2. The van der Waals surface area contributed by atoms with Crippen LogP contribution < -0.4 is 10.5 Å². The number of carboxylic acid groups (broad SMARTS) is 1. The Bertz CT molecular complexity index is 641. The van der Waals surface area contributed by atoms with Gasteiger partial charge in [-0.05, 0) is 48.9 Å². The van der Waals surface area contributed by atoms with Crippen LogP contribution in [0.25, 0.3) is 0 Å². The number of ether oxygens (including phenoxy) is 1. The van der Waals surface area contributed by atoms with Gasteiger partial charge in [-0.2, -0.15) is 0 Å². The number of hydrogen-bond donors (Lipinski definition) is 2. The van der Waals surface area contributed by atoms with E-state index in [-0.39, 0.29) is 11.3 Å². The van der Waals surface area contributed by atoms with Crippen LogP contribution in [-0.2, 0) is 0 Å². The quantitative estimate of drug-likeness (QED) is 0.839. The lowest BCUT2D eigenvalue weighted by molar-refractivity contribution is 0.0697. The first-order valence-electron chi connectivity index (χ1n) is 5.54. The maximum Gasteiger partial charge on any atom is 0.335 e. The molecule has 0 saturated carbocycles. The molecular weight excluding hydrogens is 266 g/mol. The number of benzene rings is 2. The topological polar surface area (TPSA) is 72.5 Å². The van der Waals surface area contributed by atoms with Gasteiger partial charge in [0, 0.05) is 5.02 Å². The monoisotopic (exact) mass is 277 g/mol. The highest BCUT2D eigenvalue weighted by atomic mass is 35.5. The number of aromatic carboxylic acids is 1. The third-order valence-corrected chi connectivity index (χ3v) is 3.04. The smallest absolute Gasteiger partial charge is 0.335 e. The van der Waals surface area contributed by atoms with Gasteiger partial charge >= 0.3 is 5.97 Å². The third-order valence-electron chi connectivity index (χ3n) is 2.61. The van der Waals surface area contributed by atoms with E-state index < -0.39 is 5.97 Å². The van der Waals surface area contributed by atoms with Crippen LogP contribution in [0.5, 0.6) is 11.5 Å². The van der Waals surface area contributed by atoms with Crippen LogP contribution in [0, 0.1) is 6.92 Å². The molecule has 2 aromatic carbocycles. The molecule has 0 aliphatic heterocycles. The maximum atomic E-state index is 10.8.